The minimum Gasteiger partial charge on any atom is -0.460 e. The third-order valence-electron chi connectivity index (χ3n) is 18.1. The van der Waals surface area contributed by atoms with Crippen LogP contribution in [0.15, 0.2) is 71.9 Å². The van der Waals surface area contributed by atoms with Crippen molar-refractivity contribution in [1.29, 1.82) is 0 Å². The van der Waals surface area contributed by atoms with E-state index in [2.05, 4.69) is 0 Å². The molecule has 3 heterocycles. The number of benzene rings is 1. The van der Waals surface area contributed by atoms with E-state index in [0.29, 0.717) is 69.0 Å². The average molecular weight is 1280 g/mol. The van der Waals surface area contributed by atoms with E-state index in [1.54, 1.807) is 59.9 Å². The molecule has 1 aromatic carbocycles. The highest BCUT2D eigenvalue weighted by atomic mass is 31.2. The fourth-order valence-corrected chi connectivity index (χ4v) is 15.1. The van der Waals surface area contributed by atoms with Crippen molar-refractivity contribution in [1.82, 2.24) is 9.80 Å². The number of fused-ring (bicyclic) bond motifs is 3. The monoisotopic (exact) mass is 1280 g/mol. The number of carbonyl (C=O) groups is 6. The van der Waals surface area contributed by atoms with Gasteiger partial charge in [0, 0.05) is 91.3 Å². The minimum atomic E-state index is -5.20. The van der Waals surface area contributed by atoms with Gasteiger partial charge in [0.1, 0.15) is 36.2 Å². The van der Waals surface area contributed by atoms with Gasteiger partial charge >= 0.3 is 27.3 Å². The maximum Gasteiger partial charge on any atom is 0.409 e. The van der Waals surface area contributed by atoms with Gasteiger partial charge in [-0.1, -0.05) is 83.2 Å². The standard InChI is InChI=1S/C63H97N3O20P2/c1-38-18-14-13-15-19-39(2)52(81-10)36-48-27-21-44(7)63(74,86-48)58(70)59(71)66-29-17-16-20-49(66)60(72)84-53(37-50(67)40(3)33-43(6)56(69)57(83-12)55(68)42(5)32-38)41(4)34-45-22-28-51(54(35-45)82-11)85-62(73)65(9)31-30-64(8)47-25-23-46(24-26-47)61(87(75,76)77)88(78,79)80/h13-15,18-19,23-26,33,38,40-42,44-45,48-49,51-54,56-57,61,69,74H,16-17,20-22,27-32,34-37H2,1-12H3,(H2,75,76,77)(H2,78,79,80)/b15-13+,18-14+,39-19+,43-33+/t38-,40-,41-,42-,44-,45+,48+,49+,51-,52+,53+,54-,56-,57+,63-/m1/s1. The Morgan fingerprint density at radius 2 is 1.48 bits per heavy atom. The lowest BCUT2D eigenvalue weighted by atomic mass is 9.78. The number of anilines is 1. The molecule has 15 atom stereocenters. The molecule has 23 nitrogen and oxygen atoms in total. The summed E-state index contributed by atoms with van der Waals surface area (Å²) in [5.41, 5.74) is 1.50. The summed E-state index contributed by atoms with van der Waals surface area (Å²) in [4.78, 5) is 128. The normalized spacial score (nSPS) is 33.2. The van der Waals surface area contributed by atoms with Crippen LogP contribution >= 0.6 is 15.2 Å². The number of cyclic esters (lactones) is 1. The van der Waals surface area contributed by atoms with Crippen LogP contribution < -0.4 is 4.90 Å². The number of amides is 2. The van der Waals surface area contributed by atoms with Crippen LogP contribution in [0.5, 0.6) is 0 Å². The van der Waals surface area contributed by atoms with Crippen molar-refractivity contribution in [3.05, 3.63) is 77.4 Å². The van der Waals surface area contributed by atoms with Crippen LogP contribution in [0.2, 0.25) is 0 Å². The third kappa shape index (κ3) is 19.9. The molecule has 2 bridgehead atoms. The molecule has 2 amide bonds. The van der Waals surface area contributed by atoms with Gasteiger partial charge in [0.05, 0.1) is 18.3 Å². The molecule has 0 aromatic heterocycles. The third-order valence-corrected chi connectivity index (χ3v) is 21.7. The number of rotatable bonds is 14. The second kappa shape index (κ2) is 33.0. The molecule has 0 spiro atoms. The first kappa shape index (κ1) is 74.0. The second-order valence-corrected chi connectivity index (χ2v) is 28.7. The lowest BCUT2D eigenvalue weighted by Gasteiger charge is -2.42. The number of carbonyl (C=O) groups excluding carboxylic acids is 6. The Bertz CT molecular complexity index is 2760. The van der Waals surface area contributed by atoms with E-state index in [4.69, 9.17) is 28.4 Å². The summed E-state index contributed by atoms with van der Waals surface area (Å²) < 4.78 is 59.8. The molecule has 5 rings (SSSR count). The molecule has 2 saturated heterocycles. The second-order valence-electron chi connectivity index (χ2n) is 24.9. The number of aliphatic hydroxyl groups is 2. The first-order chi connectivity index (χ1) is 41.2. The minimum absolute atomic E-state index is 0.0212. The van der Waals surface area contributed by atoms with Crippen LogP contribution in [0, 0.1) is 35.5 Å². The number of ether oxygens (including phenoxy) is 6. The summed E-state index contributed by atoms with van der Waals surface area (Å²) in [5.74, 6) is -8.92. The highest BCUT2D eigenvalue weighted by Gasteiger charge is 2.53. The Morgan fingerprint density at radius 1 is 0.807 bits per heavy atom. The van der Waals surface area contributed by atoms with Crippen molar-refractivity contribution >= 4 is 56.2 Å². The number of methoxy groups -OCH3 is 3. The summed E-state index contributed by atoms with van der Waals surface area (Å²) in [6, 6.07) is 4.15. The van der Waals surface area contributed by atoms with E-state index >= 15 is 0 Å². The molecule has 6 N–H and O–H groups in total. The van der Waals surface area contributed by atoms with Crippen LogP contribution in [0.25, 0.3) is 0 Å². The zero-order valence-electron chi connectivity index (χ0n) is 53.2. The number of aliphatic hydroxyl groups excluding tert-OH is 1. The van der Waals surface area contributed by atoms with E-state index < -0.39 is 123 Å². The van der Waals surface area contributed by atoms with Gasteiger partial charge < -0.3 is 72.9 Å². The van der Waals surface area contributed by atoms with Crippen molar-refractivity contribution < 1.29 is 96.1 Å². The highest BCUT2D eigenvalue weighted by molar-refractivity contribution is 7.70. The number of Topliss-reactive ketones (excluding diaryl/α,β-unsaturated/α-hetero) is 3. The van der Waals surface area contributed by atoms with Crippen LogP contribution in [0.1, 0.15) is 136 Å². The molecule has 0 radical (unpaired) electrons. The molecule has 1 aromatic rings. The summed E-state index contributed by atoms with van der Waals surface area (Å²) >= 11 is 0. The van der Waals surface area contributed by atoms with Crippen LogP contribution in [-0.4, -0.2) is 185 Å². The average Bonchev–Trinajstić information content (AvgIpc) is 3.51. The Hall–Kier alpha value is -4.74. The van der Waals surface area contributed by atoms with E-state index in [1.165, 1.54) is 43.4 Å². The first-order valence-corrected chi connectivity index (χ1v) is 33.9. The lowest BCUT2D eigenvalue weighted by Crippen LogP contribution is -2.61. The van der Waals surface area contributed by atoms with E-state index in [-0.39, 0.29) is 67.9 Å². The Balaban J connectivity index is 1.36. The number of likely N-dealkylation sites (N-methyl/N-ethyl adjacent to an activating group) is 2. The number of ketones is 3. The number of hydrogen-bond acceptors (Lipinski definition) is 17. The highest BCUT2D eigenvalue weighted by Crippen LogP contribution is 2.69. The quantitative estimate of drug-likeness (QED) is 0.0449. The van der Waals surface area contributed by atoms with Gasteiger partial charge in [-0.2, -0.15) is 0 Å². The summed E-state index contributed by atoms with van der Waals surface area (Å²) in [5, 5.41) is 21.4. The van der Waals surface area contributed by atoms with Gasteiger partial charge in [-0.3, -0.25) is 28.3 Å². The predicted octanol–water partition coefficient (Wildman–Crippen LogP) is 7.75. The van der Waals surface area contributed by atoms with Crippen molar-refractivity contribution in [3.63, 3.8) is 0 Å². The number of allylic oxidation sites excluding steroid dienone is 6. The van der Waals surface area contributed by atoms with Crippen LogP contribution in [0.3, 0.4) is 0 Å². The topological polar surface area (TPSA) is 323 Å². The van der Waals surface area contributed by atoms with Crippen molar-refractivity contribution in [2.45, 2.75) is 185 Å². The Labute approximate surface area is 518 Å². The molecule has 1 aliphatic carbocycles. The molecular weight excluding hydrogens is 1180 g/mol. The maximum absolute atomic E-state index is 14.7. The van der Waals surface area contributed by atoms with Crippen LogP contribution in [-0.2, 0) is 61.5 Å². The first-order valence-electron chi connectivity index (χ1n) is 30.6. The molecule has 1 saturated carbocycles. The predicted molar refractivity (Wildman–Crippen MR) is 329 cm³/mol. The van der Waals surface area contributed by atoms with E-state index in [1.807, 2.05) is 51.2 Å². The van der Waals surface area contributed by atoms with Gasteiger partial charge in [0.15, 0.2) is 11.2 Å². The van der Waals surface area contributed by atoms with Crippen molar-refractivity contribution in [2.75, 3.05) is 60.0 Å². The molecule has 4 aliphatic rings. The fraction of sp³-hybridized carbons (Fsp3) is 0.683. The summed E-state index contributed by atoms with van der Waals surface area (Å²) in [6.45, 7) is 12.9. The SMILES string of the molecule is CO[C@H]1C[C@@H]2CC[C@@H](C)[C@@](O)(O2)C(=O)C(=O)N2CCCC[C@H]2C(=O)O[C@H]([C@H](C)C[C@@H]2CC[C@@H](OC(=O)N(C)CCN(C)c3ccc(C(P(=O)(O)O)P(=O)(O)O)cc3)[C@H](OC)C2)CC(=O)[C@H](C)/C=C(\C)[C@@H](O)[C@@H](OC)C(=O)[C@H](C)C[C@H](C)/C=C/C=C/C=C/1C. The molecule has 494 valence electrons. The largest absolute Gasteiger partial charge is 0.460 e. The summed E-state index contributed by atoms with van der Waals surface area (Å²) in [6.07, 6.45) is 8.71. The Morgan fingerprint density at radius 3 is 2.10 bits per heavy atom. The lowest BCUT2D eigenvalue weighted by molar-refractivity contribution is -0.265. The van der Waals surface area contributed by atoms with Gasteiger partial charge in [-0.25, -0.2) is 9.59 Å². The number of hydrogen-bond donors (Lipinski definition) is 6. The van der Waals surface area contributed by atoms with Crippen molar-refractivity contribution in [3.8, 4) is 0 Å². The van der Waals surface area contributed by atoms with E-state index in [0.717, 1.165) is 10.5 Å². The molecule has 25 heteroatoms. The van der Waals surface area contributed by atoms with Gasteiger partial charge in [-0.15, -0.1) is 0 Å². The maximum atomic E-state index is 14.7. The molecule has 88 heavy (non-hydrogen) atoms. The zero-order valence-corrected chi connectivity index (χ0v) is 55.0. The molecule has 3 aliphatic heterocycles. The summed E-state index contributed by atoms with van der Waals surface area (Å²) in [7, 11) is -2.72. The van der Waals surface area contributed by atoms with E-state index in [9.17, 15) is 67.7 Å². The zero-order chi connectivity index (χ0) is 65.6. The number of piperidine rings is 1. The van der Waals surface area contributed by atoms with Gasteiger partial charge in [-0.05, 0) is 125 Å². The van der Waals surface area contributed by atoms with Gasteiger partial charge in [0.25, 0.3) is 11.7 Å². The fourth-order valence-electron chi connectivity index (χ4n) is 12.5. The number of esters is 1. The van der Waals surface area contributed by atoms with Crippen LogP contribution in [0.4, 0.5) is 10.5 Å². The Kier molecular flexibility index (Phi) is 27.8. The van der Waals surface area contributed by atoms with Gasteiger partial charge in [0.2, 0.25) is 5.79 Å². The molecule has 3 fully saturated rings. The molecular formula is C63H97N3O20P2. The molecule has 0 unspecified atom stereocenters. The smallest absolute Gasteiger partial charge is 0.409 e. The van der Waals surface area contributed by atoms with Crippen molar-refractivity contribution in [2.24, 2.45) is 35.5 Å². The number of nitrogens with zero attached hydrogens (tertiary/aromatic N) is 3.